The van der Waals surface area contributed by atoms with Crippen molar-refractivity contribution in [2.75, 3.05) is 12.4 Å². The minimum atomic E-state index is -2.30. The molecule has 2 atom stereocenters. The van der Waals surface area contributed by atoms with Crippen LogP contribution < -0.4 is 15.7 Å². The maximum absolute atomic E-state index is 13.4. The highest BCUT2D eigenvalue weighted by Crippen LogP contribution is 2.23. The molecule has 2 aromatic heterocycles. The van der Waals surface area contributed by atoms with E-state index >= 15 is 0 Å². The van der Waals surface area contributed by atoms with Gasteiger partial charge in [0.2, 0.25) is 0 Å². The highest BCUT2D eigenvalue weighted by Gasteiger charge is 2.26. The summed E-state index contributed by atoms with van der Waals surface area (Å²) in [5.74, 6) is -0.0141. The largest absolute Gasteiger partial charge is 0.772 e. The van der Waals surface area contributed by atoms with Gasteiger partial charge in [-0.15, -0.1) is 0 Å². The lowest BCUT2D eigenvalue weighted by molar-refractivity contribution is 0.0912. The van der Waals surface area contributed by atoms with E-state index in [-0.39, 0.29) is 23.0 Å². The molecule has 3 rings (SSSR count). The van der Waals surface area contributed by atoms with Crippen LogP contribution in [0.1, 0.15) is 57.4 Å². The predicted octanol–water partition coefficient (Wildman–Crippen LogP) is 2.94. The number of ether oxygens (including phenoxy) is 1. The molecule has 1 N–H and O–H groups in total. The topological polar surface area (TPSA) is 118 Å². The molecule has 0 fully saturated rings. The molecule has 178 valence electrons. The van der Waals surface area contributed by atoms with Crippen molar-refractivity contribution in [1.82, 2.24) is 19.4 Å². The molecule has 0 saturated heterocycles. The van der Waals surface area contributed by atoms with Crippen molar-refractivity contribution in [3.05, 3.63) is 52.6 Å². The van der Waals surface area contributed by atoms with Crippen molar-refractivity contribution in [2.45, 2.75) is 52.6 Å². The normalized spacial score (nSPS) is 14.3. The lowest BCUT2D eigenvalue weighted by atomic mass is 10.0. The molecular formula is C23H29N4O5S-. The van der Waals surface area contributed by atoms with Gasteiger partial charge in [0.25, 0.3) is 5.91 Å². The van der Waals surface area contributed by atoms with Crippen LogP contribution in [-0.2, 0) is 11.1 Å². The highest BCUT2D eigenvalue weighted by molar-refractivity contribution is 7.79. The predicted molar refractivity (Wildman–Crippen MR) is 127 cm³/mol. The molecule has 3 aromatic rings. The summed E-state index contributed by atoms with van der Waals surface area (Å²) in [4.78, 5) is 30.7. The Labute approximate surface area is 195 Å². The van der Waals surface area contributed by atoms with Gasteiger partial charge in [-0.2, -0.15) is 0 Å². The van der Waals surface area contributed by atoms with E-state index in [2.05, 4.69) is 10.3 Å². The first kappa shape index (κ1) is 24.7. The summed E-state index contributed by atoms with van der Waals surface area (Å²) in [5, 5.41) is 2.80. The maximum Gasteiger partial charge on any atom is 0.335 e. The van der Waals surface area contributed by atoms with Crippen LogP contribution in [0.2, 0.25) is 0 Å². The summed E-state index contributed by atoms with van der Waals surface area (Å²) in [6.45, 7) is 9.63. The molecule has 0 aliphatic heterocycles. The molecule has 0 radical (unpaired) electrons. The van der Waals surface area contributed by atoms with E-state index < -0.39 is 22.5 Å². The molecule has 33 heavy (non-hydrogen) atoms. The number of nitrogens with one attached hydrogen (secondary N) is 1. The fourth-order valence-corrected chi connectivity index (χ4v) is 4.46. The van der Waals surface area contributed by atoms with Crippen LogP contribution in [0.25, 0.3) is 16.9 Å². The zero-order valence-electron chi connectivity index (χ0n) is 19.5. The quantitative estimate of drug-likeness (QED) is 0.478. The van der Waals surface area contributed by atoms with E-state index in [1.54, 1.807) is 35.8 Å². The van der Waals surface area contributed by atoms with Gasteiger partial charge in [-0.3, -0.25) is 13.6 Å². The molecule has 0 spiro atoms. The van der Waals surface area contributed by atoms with Gasteiger partial charge in [0.05, 0.1) is 23.4 Å². The van der Waals surface area contributed by atoms with Crippen molar-refractivity contribution in [1.29, 1.82) is 0 Å². The third-order valence-corrected chi connectivity index (χ3v) is 6.39. The second-order valence-electron chi connectivity index (χ2n) is 8.40. The first-order chi connectivity index (χ1) is 15.6. The van der Waals surface area contributed by atoms with Gasteiger partial charge in [-0.25, -0.2) is 14.3 Å². The molecule has 0 aliphatic carbocycles. The number of benzene rings is 1. The average molecular weight is 474 g/mol. The minimum absolute atomic E-state index is 0.180. The van der Waals surface area contributed by atoms with Crippen molar-refractivity contribution < 1.29 is 18.3 Å². The van der Waals surface area contributed by atoms with Crippen molar-refractivity contribution in [3.63, 3.8) is 0 Å². The van der Waals surface area contributed by atoms with E-state index in [0.29, 0.717) is 35.6 Å². The number of pyridine rings is 1. The highest BCUT2D eigenvalue weighted by atomic mass is 32.2. The lowest BCUT2D eigenvalue weighted by Crippen LogP contribution is -2.49. The zero-order chi connectivity index (χ0) is 24.3. The number of aromatic nitrogens is 3. The Morgan fingerprint density at radius 3 is 2.64 bits per heavy atom. The Morgan fingerprint density at radius 1 is 1.30 bits per heavy atom. The van der Waals surface area contributed by atoms with Gasteiger partial charge < -0.3 is 14.6 Å². The Hall–Kier alpha value is -2.98. The monoisotopic (exact) mass is 473 g/mol. The summed E-state index contributed by atoms with van der Waals surface area (Å²) >= 11 is -2.30. The number of carbonyl (C=O) groups excluding carboxylic acids is 1. The van der Waals surface area contributed by atoms with E-state index in [4.69, 9.17) is 4.74 Å². The lowest BCUT2D eigenvalue weighted by Gasteiger charge is -2.30. The zero-order valence-corrected chi connectivity index (χ0v) is 20.3. The van der Waals surface area contributed by atoms with Crippen LogP contribution in [0, 0.1) is 0 Å². The van der Waals surface area contributed by atoms with Crippen molar-refractivity contribution >= 4 is 28.2 Å². The molecule has 0 aliphatic rings. The molecule has 1 amide bonds. The number of imidazole rings is 1. The van der Waals surface area contributed by atoms with Crippen LogP contribution in [0.5, 0.6) is 5.75 Å². The first-order valence-corrected chi connectivity index (χ1v) is 12.1. The summed E-state index contributed by atoms with van der Waals surface area (Å²) in [5.41, 5.74) is 0.582. The average Bonchev–Trinajstić information content (AvgIpc) is 3.04. The number of hydrogen-bond acceptors (Lipinski definition) is 6. The van der Waals surface area contributed by atoms with Gasteiger partial charge in [-0.05, 0) is 52.3 Å². The second kappa shape index (κ2) is 9.88. The standard InChI is InChI=1S/C23H30N4O5S/c1-6-23(5,14-33(30)31)25-21(28)16-11-19-20(24-13-16)27(22(29)26(19)15(3)4)17-9-8-10-18(12-17)32-7-2/h8-13,15H,6-7,14H2,1-5H3,(H,25,28)(H,30,31)/p-1. The Bertz CT molecular complexity index is 1250. The van der Waals surface area contributed by atoms with Crippen LogP contribution in [0.15, 0.2) is 41.3 Å². The summed E-state index contributed by atoms with van der Waals surface area (Å²) in [6.07, 6.45) is 1.83. The van der Waals surface area contributed by atoms with E-state index in [1.807, 2.05) is 33.8 Å². The molecule has 0 bridgehead atoms. The Morgan fingerprint density at radius 2 is 2.03 bits per heavy atom. The van der Waals surface area contributed by atoms with Gasteiger partial charge in [0.1, 0.15) is 5.75 Å². The van der Waals surface area contributed by atoms with Crippen LogP contribution in [-0.4, -0.2) is 46.7 Å². The minimum Gasteiger partial charge on any atom is -0.772 e. The first-order valence-electron chi connectivity index (χ1n) is 10.8. The Kier molecular flexibility index (Phi) is 7.38. The number of fused-ring (bicyclic) bond motifs is 1. The van der Waals surface area contributed by atoms with E-state index in [0.717, 1.165) is 0 Å². The number of hydrogen-bond donors (Lipinski definition) is 1. The molecule has 2 heterocycles. The summed E-state index contributed by atoms with van der Waals surface area (Å²) < 4.78 is 31.1. The van der Waals surface area contributed by atoms with Crippen LogP contribution in [0.3, 0.4) is 0 Å². The van der Waals surface area contributed by atoms with Crippen LogP contribution >= 0.6 is 0 Å². The fourth-order valence-electron chi connectivity index (χ4n) is 3.66. The molecule has 0 saturated carbocycles. The second-order valence-corrected chi connectivity index (χ2v) is 9.29. The molecule has 2 unspecified atom stereocenters. The Balaban J connectivity index is 2.11. The molecule has 1 aromatic carbocycles. The number of nitrogens with zero attached hydrogens (tertiary/aromatic N) is 3. The number of amides is 1. The van der Waals surface area contributed by atoms with Gasteiger partial charge in [0, 0.05) is 29.6 Å². The fraction of sp³-hybridized carbons (Fsp3) is 0.435. The molecular weight excluding hydrogens is 444 g/mol. The maximum atomic E-state index is 13.4. The SMILES string of the molecule is CCOc1cccc(-n2c(=O)n(C(C)C)c3cc(C(=O)NC(C)(CC)CS(=O)[O-])cnc32)c1. The van der Waals surface area contributed by atoms with Crippen molar-refractivity contribution in [2.24, 2.45) is 0 Å². The third kappa shape index (κ3) is 5.17. The summed E-state index contributed by atoms with van der Waals surface area (Å²) in [7, 11) is 0. The van der Waals surface area contributed by atoms with Crippen molar-refractivity contribution in [3.8, 4) is 11.4 Å². The third-order valence-electron chi connectivity index (χ3n) is 5.51. The number of rotatable bonds is 9. The van der Waals surface area contributed by atoms with Gasteiger partial charge >= 0.3 is 5.69 Å². The van der Waals surface area contributed by atoms with Crippen LogP contribution in [0.4, 0.5) is 0 Å². The number of carbonyl (C=O) groups is 1. The smallest absolute Gasteiger partial charge is 0.335 e. The molecule has 9 nitrogen and oxygen atoms in total. The van der Waals surface area contributed by atoms with Gasteiger partial charge in [-0.1, -0.05) is 24.1 Å². The van der Waals surface area contributed by atoms with Gasteiger partial charge in [0.15, 0.2) is 5.65 Å². The van der Waals surface area contributed by atoms with E-state index in [9.17, 15) is 18.4 Å². The summed E-state index contributed by atoms with van der Waals surface area (Å²) in [6, 6.07) is 8.62. The molecule has 10 heteroatoms. The van der Waals surface area contributed by atoms with E-state index in [1.165, 1.54) is 10.8 Å².